The summed E-state index contributed by atoms with van der Waals surface area (Å²) < 4.78 is 0. The first kappa shape index (κ1) is 21.1. The summed E-state index contributed by atoms with van der Waals surface area (Å²) in [4.78, 5) is 12.6. The molecule has 0 amide bonds. The molecule has 0 saturated carbocycles. The molecule has 0 N–H and O–H groups in total. The maximum absolute atomic E-state index is 12.6. The smallest absolute Gasteiger partial charge is 0.193 e. The lowest BCUT2D eigenvalue weighted by molar-refractivity contribution is 0.103. The van der Waals surface area contributed by atoms with E-state index >= 15 is 0 Å². The SMILES string of the molecule is N#Cc1ccc(-c2ccc(-c3ccc(-c4ccc(C(=O)c5ccccc5)cc4)cc3)cc2)cc1. The number of carbonyl (C=O) groups is 1. The van der Waals surface area contributed by atoms with E-state index < -0.39 is 0 Å². The van der Waals surface area contributed by atoms with Crippen LogP contribution < -0.4 is 0 Å². The average molecular weight is 436 g/mol. The lowest BCUT2D eigenvalue weighted by Gasteiger charge is -2.08. The molecule has 0 aliphatic carbocycles. The van der Waals surface area contributed by atoms with Crippen molar-refractivity contribution in [3.05, 3.63) is 144 Å². The Morgan fingerprint density at radius 3 is 1.15 bits per heavy atom. The van der Waals surface area contributed by atoms with Crippen LogP contribution in [0.1, 0.15) is 21.5 Å². The number of hydrogen-bond donors (Lipinski definition) is 0. The zero-order chi connectivity index (χ0) is 23.3. The second-order valence-corrected chi connectivity index (χ2v) is 8.12. The Hall–Kier alpha value is -4.74. The fourth-order valence-electron chi connectivity index (χ4n) is 4.02. The molecular formula is C32H21NO. The summed E-state index contributed by atoms with van der Waals surface area (Å²) in [6.07, 6.45) is 0. The third-order valence-electron chi connectivity index (χ3n) is 5.97. The van der Waals surface area contributed by atoms with E-state index in [0.29, 0.717) is 16.7 Å². The molecule has 5 rings (SSSR count). The molecule has 0 fully saturated rings. The summed E-state index contributed by atoms with van der Waals surface area (Å²) in [5.41, 5.74) is 8.74. The minimum absolute atomic E-state index is 0.0342. The van der Waals surface area contributed by atoms with Crippen LogP contribution in [-0.2, 0) is 0 Å². The van der Waals surface area contributed by atoms with Gasteiger partial charge in [0.1, 0.15) is 0 Å². The highest BCUT2D eigenvalue weighted by Crippen LogP contribution is 2.28. The second-order valence-electron chi connectivity index (χ2n) is 8.12. The summed E-state index contributed by atoms with van der Waals surface area (Å²) in [5.74, 6) is 0.0342. The third-order valence-corrected chi connectivity index (χ3v) is 5.97. The highest BCUT2D eigenvalue weighted by atomic mass is 16.1. The van der Waals surface area contributed by atoms with Gasteiger partial charge in [-0.05, 0) is 45.5 Å². The Bertz CT molecular complexity index is 1460. The van der Waals surface area contributed by atoms with Crippen molar-refractivity contribution >= 4 is 5.78 Å². The molecule has 5 aromatic rings. The topological polar surface area (TPSA) is 40.9 Å². The second kappa shape index (κ2) is 9.40. The fraction of sp³-hybridized carbons (Fsp3) is 0. The molecule has 0 aromatic heterocycles. The zero-order valence-corrected chi connectivity index (χ0v) is 18.5. The van der Waals surface area contributed by atoms with Crippen LogP contribution in [0, 0.1) is 11.3 Å². The Morgan fingerprint density at radius 1 is 0.441 bits per heavy atom. The maximum atomic E-state index is 12.6. The lowest BCUT2D eigenvalue weighted by Crippen LogP contribution is -2.00. The van der Waals surface area contributed by atoms with Crippen LogP contribution in [0.5, 0.6) is 0 Å². The highest BCUT2D eigenvalue weighted by Gasteiger charge is 2.09. The summed E-state index contributed by atoms with van der Waals surface area (Å²) in [6.45, 7) is 0. The van der Waals surface area contributed by atoms with Gasteiger partial charge in [-0.2, -0.15) is 5.26 Å². The van der Waals surface area contributed by atoms with Crippen molar-refractivity contribution in [2.45, 2.75) is 0 Å². The van der Waals surface area contributed by atoms with Crippen LogP contribution in [0.4, 0.5) is 0 Å². The first-order valence-corrected chi connectivity index (χ1v) is 11.1. The van der Waals surface area contributed by atoms with E-state index in [1.165, 1.54) is 0 Å². The molecule has 0 saturated heterocycles. The monoisotopic (exact) mass is 435 g/mol. The Labute approximate surface area is 199 Å². The summed E-state index contributed by atoms with van der Waals surface area (Å²) in [7, 11) is 0. The molecule has 0 aliphatic rings. The van der Waals surface area contributed by atoms with Crippen LogP contribution in [0.3, 0.4) is 0 Å². The van der Waals surface area contributed by atoms with Gasteiger partial charge in [-0.25, -0.2) is 0 Å². The lowest BCUT2D eigenvalue weighted by atomic mass is 9.96. The first-order valence-electron chi connectivity index (χ1n) is 11.1. The number of benzene rings is 5. The molecule has 160 valence electrons. The van der Waals surface area contributed by atoms with Crippen LogP contribution in [0.2, 0.25) is 0 Å². The number of rotatable bonds is 5. The fourth-order valence-corrected chi connectivity index (χ4v) is 4.02. The van der Waals surface area contributed by atoms with E-state index in [4.69, 9.17) is 5.26 Å². The van der Waals surface area contributed by atoms with E-state index in [1.807, 2.05) is 78.9 Å². The van der Waals surface area contributed by atoms with Crippen molar-refractivity contribution in [2.24, 2.45) is 0 Å². The quantitative estimate of drug-likeness (QED) is 0.264. The highest BCUT2D eigenvalue weighted by molar-refractivity contribution is 6.09. The summed E-state index contributed by atoms with van der Waals surface area (Å²) in [6, 6.07) is 43.8. The van der Waals surface area contributed by atoms with Gasteiger partial charge < -0.3 is 0 Å². The molecule has 34 heavy (non-hydrogen) atoms. The average Bonchev–Trinajstić information content (AvgIpc) is 2.93. The predicted molar refractivity (Wildman–Crippen MR) is 137 cm³/mol. The zero-order valence-electron chi connectivity index (χ0n) is 18.5. The Balaban J connectivity index is 1.31. The van der Waals surface area contributed by atoms with E-state index in [9.17, 15) is 4.79 Å². The van der Waals surface area contributed by atoms with Gasteiger partial charge in [0, 0.05) is 11.1 Å². The predicted octanol–water partition coefficient (Wildman–Crippen LogP) is 7.79. The van der Waals surface area contributed by atoms with Gasteiger partial charge in [-0.15, -0.1) is 0 Å². The molecule has 2 nitrogen and oxygen atoms in total. The standard InChI is InChI=1S/C32H21NO/c33-22-23-6-8-24(9-7-23)25-10-12-26(13-11-25)27-14-16-28(17-15-27)29-18-20-31(21-19-29)32(34)30-4-2-1-3-5-30/h1-21H. The number of nitrogens with zero attached hydrogens (tertiary/aromatic N) is 1. The van der Waals surface area contributed by atoms with Crippen molar-refractivity contribution in [3.63, 3.8) is 0 Å². The molecule has 0 radical (unpaired) electrons. The molecule has 0 atom stereocenters. The number of nitriles is 1. The first-order chi connectivity index (χ1) is 16.7. The molecule has 0 bridgehead atoms. The van der Waals surface area contributed by atoms with Crippen LogP contribution in [0.15, 0.2) is 127 Å². The number of ketones is 1. The van der Waals surface area contributed by atoms with Crippen LogP contribution in [-0.4, -0.2) is 5.78 Å². The van der Waals surface area contributed by atoms with Gasteiger partial charge in [-0.1, -0.05) is 115 Å². The van der Waals surface area contributed by atoms with Gasteiger partial charge >= 0.3 is 0 Å². The Kier molecular flexibility index (Phi) is 5.84. The van der Waals surface area contributed by atoms with E-state index in [1.54, 1.807) is 0 Å². The van der Waals surface area contributed by atoms with Crippen molar-refractivity contribution in [3.8, 4) is 39.4 Å². The molecular weight excluding hydrogens is 414 g/mol. The number of carbonyl (C=O) groups excluding carboxylic acids is 1. The summed E-state index contributed by atoms with van der Waals surface area (Å²) in [5, 5.41) is 8.97. The molecule has 0 aliphatic heterocycles. The summed E-state index contributed by atoms with van der Waals surface area (Å²) >= 11 is 0. The van der Waals surface area contributed by atoms with Gasteiger partial charge in [0.25, 0.3) is 0 Å². The Morgan fingerprint density at radius 2 is 0.765 bits per heavy atom. The third kappa shape index (κ3) is 4.41. The van der Waals surface area contributed by atoms with Crippen molar-refractivity contribution in [1.29, 1.82) is 5.26 Å². The van der Waals surface area contributed by atoms with Crippen LogP contribution in [0.25, 0.3) is 33.4 Å². The molecule has 2 heteroatoms. The molecule has 5 aromatic carbocycles. The van der Waals surface area contributed by atoms with Crippen molar-refractivity contribution in [2.75, 3.05) is 0 Å². The minimum atomic E-state index is 0.0342. The normalized spacial score (nSPS) is 10.4. The van der Waals surface area contributed by atoms with Crippen LogP contribution >= 0.6 is 0 Å². The van der Waals surface area contributed by atoms with Gasteiger partial charge in [0.15, 0.2) is 5.78 Å². The largest absolute Gasteiger partial charge is 0.289 e. The van der Waals surface area contributed by atoms with E-state index in [-0.39, 0.29) is 5.78 Å². The molecule has 0 heterocycles. The van der Waals surface area contributed by atoms with Crippen molar-refractivity contribution < 1.29 is 4.79 Å². The minimum Gasteiger partial charge on any atom is -0.289 e. The van der Waals surface area contributed by atoms with Gasteiger partial charge in [0.2, 0.25) is 0 Å². The van der Waals surface area contributed by atoms with Gasteiger partial charge in [0.05, 0.1) is 11.6 Å². The van der Waals surface area contributed by atoms with Gasteiger partial charge in [-0.3, -0.25) is 4.79 Å². The van der Waals surface area contributed by atoms with Crippen molar-refractivity contribution in [1.82, 2.24) is 0 Å². The molecule has 0 unspecified atom stereocenters. The van der Waals surface area contributed by atoms with E-state index in [2.05, 4.69) is 54.6 Å². The van der Waals surface area contributed by atoms with E-state index in [0.717, 1.165) is 33.4 Å². The molecule has 0 spiro atoms. The maximum Gasteiger partial charge on any atom is 0.193 e. The number of hydrogen-bond acceptors (Lipinski definition) is 2.